The van der Waals surface area contributed by atoms with E-state index >= 15 is 0 Å². The van der Waals surface area contributed by atoms with Gasteiger partial charge in [-0.05, 0) is 39.3 Å². The van der Waals surface area contributed by atoms with Gasteiger partial charge < -0.3 is 20.4 Å². The standard InChI is InChI=1S/C20H38N6S.HI/c1-4-18-17-24-19(27-18)9-11-23-20(21-5-2)22-10-7-8-12-26-15-13-25(6-3)14-16-26;/h17H,4-16H2,1-3H3,(H2,21,22,23);1H. The molecule has 1 aliphatic rings. The fourth-order valence-corrected chi connectivity index (χ4v) is 4.09. The van der Waals surface area contributed by atoms with E-state index in [0.29, 0.717) is 0 Å². The molecule has 2 rings (SSSR count). The molecule has 0 radical (unpaired) electrons. The maximum absolute atomic E-state index is 4.72. The third-order valence-corrected chi connectivity index (χ3v) is 6.19. The summed E-state index contributed by atoms with van der Waals surface area (Å²) in [6.45, 7) is 16.5. The lowest BCUT2D eigenvalue weighted by Gasteiger charge is -2.33. The Morgan fingerprint density at radius 2 is 1.86 bits per heavy atom. The van der Waals surface area contributed by atoms with E-state index in [1.807, 2.05) is 17.5 Å². The molecule has 2 heterocycles. The monoisotopic (exact) mass is 522 g/mol. The molecule has 0 unspecified atom stereocenters. The molecule has 1 aromatic heterocycles. The number of aryl methyl sites for hydroxylation is 1. The van der Waals surface area contributed by atoms with Crippen LogP contribution >= 0.6 is 35.3 Å². The lowest BCUT2D eigenvalue weighted by atomic mass is 10.2. The fraction of sp³-hybridized carbons (Fsp3) is 0.800. The summed E-state index contributed by atoms with van der Waals surface area (Å²) < 4.78 is 0. The second kappa shape index (κ2) is 15.4. The molecule has 0 atom stereocenters. The first-order valence-corrected chi connectivity index (χ1v) is 11.5. The fourth-order valence-electron chi connectivity index (χ4n) is 3.22. The van der Waals surface area contributed by atoms with Gasteiger partial charge in [0.25, 0.3) is 0 Å². The molecule has 162 valence electrons. The molecule has 2 N–H and O–H groups in total. The number of aliphatic imine (C=N–C) groups is 1. The molecule has 6 nitrogen and oxygen atoms in total. The van der Waals surface area contributed by atoms with Crippen molar-refractivity contribution in [2.75, 3.05) is 58.9 Å². The van der Waals surface area contributed by atoms with Gasteiger partial charge in [0.05, 0.1) is 5.01 Å². The molecule has 8 heteroatoms. The van der Waals surface area contributed by atoms with Crippen molar-refractivity contribution in [3.8, 4) is 0 Å². The number of halogens is 1. The van der Waals surface area contributed by atoms with Crippen LogP contribution in [0.15, 0.2) is 11.2 Å². The molecule has 0 aromatic carbocycles. The van der Waals surface area contributed by atoms with Crippen LogP contribution in [-0.2, 0) is 12.8 Å². The Bertz CT molecular complexity index is 543. The highest BCUT2D eigenvalue weighted by Crippen LogP contribution is 2.13. The Morgan fingerprint density at radius 1 is 1.11 bits per heavy atom. The van der Waals surface area contributed by atoms with Gasteiger partial charge in [0.15, 0.2) is 5.96 Å². The van der Waals surface area contributed by atoms with Crippen LogP contribution in [0.3, 0.4) is 0 Å². The van der Waals surface area contributed by atoms with E-state index in [9.17, 15) is 0 Å². The predicted molar refractivity (Wildman–Crippen MR) is 132 cm³/mol. The first kappa shape index (κ1) is 25.6. The number of rotatable bonds is 11. The topological polar surface area (TPSA) is 55.8 Å². The second-order valence-corrected chi connectivity index (χ2v) is 8.19. The molecule has 1 saturated heterocycles. The number of hydrogen-bond acceptors (Lipinski definition) is 5. The molecular formula is C20H39IN6S. The lowest BCUT2D eigenvalue weighted by molar-refractivity contribution is 0.136. The number of guanidine groups is 1. The molecule has 1 aliphatic heterocycles. The van der Waals surface area contributed by atoms with Crippen LogP contribution in [0.5, 0.6) is 0 Å². The number of hydrogen-bond donors (Lipinski definition) is 2. The lowest BCUT2D eigenvalue weighted by Crippen LogP contribution is -2.46. The van der Waals surface area contributed by atoms with Crippen LogP contribution in [0, 0.1) is 0 Å². The zero-order valence-corrected chi connectivity index (χ0v) is 21.0. The van der Waals surface area contributed by atoms with Crippen LogP contribution in [0.1, 0.15) is 43.5 Å². The van der Waals surface area contributed by atoms with Crippen molar-refractivity contribution < 1.29 is 0 Å². The molecule has 0 aliphatic carbocycles. The van der Waals surface area contributed by atoms with Gasteiger partial charge in [-0.15, -0.1) is 35.3 Å². The third kappa shape index (κ3) is 9.84. The van der Waals surface area contributed by atoms with Gasteiger partial charge in [0.2, 0.25) is 0 Å². The first-order valence-electron chi connectivity index (χ1n) is 10.7. The molecule has 28 heavy (non-hydrogen) atoms. The molecule has 0 spiro atoms. The zero-order valence-electron chi connectivity index (χ0n) is 17.9. The summed E-state index contributed by atoms with van der Waals surface area (Å²) in [7, 11) is 0. The Kier molecular flexibility index (Phi) is 14.1. The SMILES string of the molecule is CCNC(=NCCCCN1CCN(CC)CC1)NCCc1ncc(CC)s1.I. The Balaban J connectivity index is 0.00000392. The van der Waals surface area contributed by atoms with Gasteiger partial charge in [0, 0.05) is 63.3 Å². The number of nitrogens with zero attached hydrogens (tertiary/aromatic N) is 4. The maximum atomic E-state index is 4.72. The number of unbranched alkanes of at least 4 members (excludes halogenated alkanes) is 1. The largest absolute Gasteiger partial charge is 0.357 e. The number of likely N-dealkylation sites (N-methyl/N-ethyl adjacent to an activating group) is 1. The van der Waals surface area contributed by atoms with Gasteiger partial charge in [-0.3, -0.25) is 4.99 Å². The van der Waals surface area contributed by atoms with Gasteiger partial charge in [-0.2, -0.15) is 0 Å². The van der Waals surface area contributed by atoms with Gasteiger partial charge >= 0.3 is 0 Å². The van der Waals surface area contributed by atoms with Crippen molar-refractivity contribution in [2.45, 2.75) is 46.5 Å². The molecule has 1 fully saturated rings. The van der Waals surface area contributed by atoms with Crippen molar-refractivity contribution in [1.82, 2.24) is 25.4 Å². The molecule has 1 aromatic rings. The minimum absolute atomic E-state index is 0. The summed E-state index contributed by atoms with van der Waals surface area (Å²) in [5.41, 5.74) is 0. The number of aromatic nitrogens is 1. The van der Waals surface area contributed by atoms with Crippen molar-refractivity contribution in [3.05, 3.63) is 16.1 Å². The minimum Gasteiger partial charge on any atom is -0.357 e. The summed E-state index contributed by atoms with van der Waals surface area (Å²) >= 11 is 1.82. The van der Waals surface area contributed by atoms with Crippen LogP contribution < -0.4 is 10.6 Å². The van der Waals surface area contributed by atoms with Gasteiger partial charge in [-0.25, -0.2) is 4.98 Å². The van der Waals surface area contributed by atoms with Crippen molar-refractivity contribution in [2.24, 2.45) is 4.99 Å². The number of thiazole rings is 1. The summed E-state index contributed by atoms with van der Waals surface area (Å²) in [5, 5.41) is 7.99. The minimum atomic E-state index is 0. The third-order valence-electron chi connectivity index (χ3n) is 4.99. The summed E-state index contributed by atoms with van der Waals surface area (Å²) in [6, 6.07) is 0. The maximum Gasteiger partial charge on any atom is 0.191 e. The average molecular weight is 523 g/mol. The molecule has 0 saturated carbocycles. The summed E-state index contributed by atoms with van der Waals surface area (Å²) in [4.78, 5) is 15.7. The van der Waals surface area contributed by atoms with Crippen LogP contribution in [0.25, 0.3) is 0 Å². The van der Waals surface area contributed by atoms with Crippen LogP contribution in [0.4, 0.5) is 0 Å². The zero-order chi connectivity index (χ0) is 19.3. The van der Waals surface area contributed by atoms with Crippen molar-refractivity contribution >= 4 is 41.3 Å². The van der Waals surface area contributed by atoms with Crippen LogP contribution in [0.2, 0.25) is 0 Å². The van der Waals surface area contributed by atoms with E-state index < -0.39 is 0 Å². The summed E-state index contributed by atoms with van der Waals surface area (Å²) in [6.07, 6.45) is 6.41. The first-order chi connectivity index (χ1) is 13.2. The smallest absolute Gasteiger partial charge is 0.191 e. The number of nitrogens with one attached hydrogen (secondary N) is 2. The quantitative estimate of drug-likeness (QED) is 0.203. The van der Waals surface area contributed by atoms with Crippen molar-refractivity contribution in [3.63, 3.8) is 0 Å². The van der Waals surface area contributed by atoms with E-state index in [2.05, 4.69) is 46.2 Å². The van der Waals surface area contributed by atoms with Gasteiger partial charge in [0.1, 0.15) is 0 Å². The highest BCUT2D eigenvalue weighted by molar-refractivity contribution is 14.0. The van der Waals surface area contributed by atoms with Crippen molar-refractivity contribution in [1.29, 1.82) is 0 Å². The Morgan fingerprint density at radius 3 is 2.50 bits per heavy atom. The molecule has 0 bridgehead atoms. The van der Waals surface area contributed by atoms with E-state index in [1.165, 1.54) is 55.6 Å². The number of piperazine rings is 1. The van der Waals surface area contributed by atoms with E-state index in [0.717, 1.165) is 44.9 Å². The predicted octanol–water partition coefficient (Wildman–Crippen LogP) is 2.84. The second-order valence-electron chi connectivity index (χ2n) is 6.99. The van der Waals surface area contributed by atoms with E-state index in [-0.39, 0.29) is 24.0 Å². The highest BCUT2D eigenvalue weighted by atomic mass is 127. The van der Waals surface area contributed by atoms with E-state index in [1.54, 1.807) is 0 Å². The molecular weight excluding hydrogens is 483 g/mol. The van der Waals surface area contributed by atoms with E-state index in [4.69, 9.17) is 4.99 Å². The Hall–Kier alpha value is -0.450. The molecule has 0 amide bonds. The summed E-state index contributed by atoms with van der Waals surface area (Å²) in [5.74, 6) is 0.932. The van der Waals surface area contributed by atoms with Crippen LogP contribution in [-0.4, -0.2) is 79.6 Å². The normalized spacial score (nSPS) is 16.0. The Labute approximate surface area is 192 Å². The average Bonchev–Trinajstić information content (AvgIpc) is 3.16. The van der Waals surface area contributed by atoms with Gasteiger partial charge in [-0.1, -0.05) is 13.8 Å². The highest BCUT2D eigenvalue weighted by Gasteiger charge is 2.14.